The van der Waals surface area contributed by atoms with Gasteiger partial charge >= 0.3 is 0 Å². The monoisotopic (exact) mass is 298 g/mol. The molecule has 1 saturated heterocycles. The van der Waals surface area contributed by atoms with Gasteiger partial charge < -0.3 is 14.6 Å². The Morgan fingerprint density at radius 1 is 1.27 bits per heavy atom. The van der Waals surface area contributed by atoms with E-state index in [4.69, 9.17) is 4.74 Å². The molecule has 2 aromatic rings. The van der Waals surface area contributed by atoms with Crippen molar-refractivity contribution < 1.29 is 9.53 Å². The number of hydrogen-bond donors (Lipinski definition) is 1. The van der Waals surface area contributed by atoms with E-state index >= 15 is 0 Å². The van der Waals surface area contributed by atoms with Crippen molar-refractivity contribution in [1.29, 1.82) is 0 Å². The van der Waals surface area contributed by atoms with Crippen LogP contribution in [0.15, 0.2) is 47.3 Å². The van der Waals surface area contributed by atoms with Gasteiger partial charge in [0.1, 0.15) is 6.10 Å². The number of aryl methyl sites for hydroxylation is 1. The molecule has 0 aliphatic carbocycles. The average molecular weight is 298 g/mol. The molecule has 5 heteroatoms. The zero-order valence-electron chi connectivity index (χ0n) is 12.4. The Bertz CT molecular complexity index is 724. The van der Waals surface area contributed by atoms with Gasteiger partial charge in [0.05, 0.1) is 13.2 Å². The van der Waals surface area contributed by atoms with Gasteiger partial charge in [-0.05, 0) is 18.6 Å². The lowest BCUT2D eigenvalue weighted by Crippen LogP contribution is -2.42. The van der Waals surface area contributed by atoms with Gasteiger partial charge in [-0.15, -0.1) is 0 Å². The fourth-order valence-electron chi connectivity index (χ4n) is 2.69. The Balaban J connectivity index is 1.79. The molecule has 2 heterocycles. The van der Waals surface area contributed by atoms with Gasteiger partial charge in [-0.3, -0.25) is 9.59 Å². The van der Waals surface area contributed by atoms with Gasteiger partial charge in [0.2, 0.25) is 5.56 Å². The van der Waals surface area contributed by atoms with Crippen LogP contribution in [0, 0.1) is 6.92 Å². The molecule has 0 spiro atoms. The molecule has 1 aromatic carbocycles. The van der Waals surface area contributed by atoms with E-state index in [0.717, 1.165) is 5.56 Å². The molecule has 1 fully saturated rings. The van der Waals surface area contributed by atoms with Crippen LogP contribution in [-0.4, -0.2) is 35.5 Å². The highest BCUT2D eigenvalue weighted by Gasteiger charge is 2.26. The summed E-state index contributed by atoms with van der Waals surface area (Å²) < 4.78 is 5.77. The number of hydrogen-bond acceptors (Lipinski definition) is 3. The molecule has 0 bridgehead atoms. The Kier molecular flexibility index (Phi) is 4.06. The van der Waals surface area contributed by atoms with E-state index < -0.39 is 0 Å². The van der Waals surface area contributed by atoms with Crippen LogP contribution >= 0.6 is 0 Å². The zero-order valence-corrected chi connectivity index (χ0v) is 12.4. The second kappa shape index (κ2) is 6.15. The lowest BCUT2D eigenvalue weighted by Gasteiger charge is -2.33. The van der Waals surface area contributed by atoms with E-state index in [1.807, 2.05) is 30.3 Å². The summed E-state index contributed by atoms with van der Waals surface area (Å²) in [6, 6.07) is 12.9. The maximum absolute atomic E-state index is 12.6. The first-order valence-electron chi connectivity index (χ1n) is 7.30. The number of carbonyl (C=O) groups excluding carboxylic acids is 1. The second-order valence-corrected chi connectivity index (χ2v) is 5.44. The van der Waals surface area contributed by atoms with E-state index in [2.05, 4.69) is 4.98 Å². The van der Waals surface area contributed by atoms with Crippen molar-refractivity contribution >= 4 is 5.91 Å². The molecule has 1 aromatic heterocycles. The molecule has 1 aliphatic rings. The van der Waals surface area contributed by atoms with Crippen molar-refractivity contribution in [2.45, 2.75) is 13.0 Å². The molecule has 5 nitrogen and oxygen atoms in total. The minimum atomic E-state index is -0.254. The van der Waals surface area contributed by atoms with Crippen molar-refractivity contribution in [3.8, 4) is 0 Å². The smallest absolute Gasteiger partial charge is 0.254 e. The number of carbonyl (C=O) groups is 1. The summed E-state index contributed by atoms with van der Waals surface area (Å²) in [6.45, 7) is 3.29. The number of morpholine rings is 1. The number of ether oxygens (including phenoxy) is 1. The fourth-order valence-corrected chi connectivity index (χ4v) is 2.69. The molecular weight excluding hydrogens is 280 g/mol. The van der Waals surface area contributed by atoms with Crippen LogP contribution in [0.25, 0.3) is 0 Å². The molecule has 1 atom stereocenters. The third kappa shape index (κ3) is 3.09. The minimum absolute atomic E-state index is 0.123. The van der Waals surface area contributed by atoms with Gasteiger partial charge in [-0.2, -0.15) is 0 Å². The lowest BCUT2D eigenvalue weighted by atomic mass is 10.1. The van der Waals surface area contributed by atoms with Crippen molar-refractivity contribution in [3.63, 3.8) is 0 Å². The van der Waals surface area contributed by atoms with E-state index in [1.54, 1.807) is 17.9 Å². The Hall–Kier alpha value is -2.40. The van der Waals surface area contributed by atoms with Gasteiger partial charge in [-0.1, -0.05) is 30.3 Å². The zero-order chi connectivity index (χ0) is 15.5. The standard InChI is InChI=1S/C17H18N2O3/c1-12-9-14(10-16(20)18-12)17(21)19-7-8-22-15(11-19)13-5-3-2-4-6-13/h2-6,9-10,15H,7-8,11H2,1H3,(H,18,20). The molecule has 0 saturated carbocycles. The van der Waals surface area contributed by atoms with E-state index in [-0.39, 0.29) is 17.6 Å². The predicted octanol–water partition coefficient (Wildman–Crippen LogP) is 1.90. The first kappa shape index (κ1) is 14.5. The minimum Gasteiger partial charge on any atom is -0.370 e. The topological polar surface area (TPSA) is 62.4 Å². The van der Waals surface area contributed by atoms with E-state index in [1.165, 1.54) is 6.07 Å². The number of nitrogens with zero attached hydrogens (tertiary/aromatic N) is 1. The van der Waals surface area contributed by atoms with Gasteiger partial charge in [0, 0.05) is 23.9 Å². The maximum Gasteiger partial charge on any atom is 0.254 e. The third-order valence-corrected chi connectivity index (χ3v) is 3.75. The van der Waals surface area contributed by atoms with Crippen LogP contribution in [0.2, 0.25) is 0 Å². The van der Waals surface area contributed by atoms with Crippen LogP contribution in [0.4, 0.5) is 0 Å². The summed E-state index contributed by atoms with van der Waals surface area (Å²) in [4.78, 5) is 28.5. The van der Waals surface area contributed by atoms with E-state index in [9.17, 15) is 9.59 Å². The SMILES string of the molecule is Cc1cc(C(=O)N2CCOC(c3ccccc3)C2)cc(=O)[nH]1. The molecule has 1 amide bonds. The normalized spacial score (nSPS) is 18.2. The number of pyridine rings is 1. The molecule has 3 rings (SSSR count). The third-order valence-electron chi connectivity index (χ3n) is 3.75. The van der Waals surface area contributed by atoms with Crippen molar-refractivity contribution in [2.75, 3.05) is 19.7 Å². The summed E-state index contributed by atoms with van der Waals surface area (Å²) in [6.07, 6.45) is -0.123. The maximum atomic E-state index is 12.6. The number of aromatic amines is 1. The van der Waals surface area contributed by atoms with Crippen LogP contribution in [0.3, 0.4) is 0 Å². The number of H-pyrrole nitrogens is 1. The largest absolute Gasteiger partial charge is 0.370 e. The molecule has 1 N–H and O–H groups in total. The summed E-state index contributed by atoms with van der Waals surface area (Å²) in [5.41, 5.74) is 1.91. The first-order chi connectivity index (χ1) is 10.6. The summed E-state index contributed by atoms with van der Waals surface area (Å²) in [5.74, 6) is -0.126. The van der Waals surface area contributed by atoms with Crippen molar-refractivity contribution in [1.82, 2.24) is 9.88 Å². The number of rotatable bonds is 2. The van der Waals surface area contributed by atoms with Crippen LogP contribution < -0.4 is 5.56 Å². The number of amides is 1. The molecular formula is C17H18N2O3. The quantitative estimate of drug-likeness (QED) is 0.921. The second-order valence-electron chi connectivity index (χ2n) is 5.44. The molecule has 114 valence electrons. The van der Waals surface area contributed by atoms with Crippen molar-refractivity contribution in [2.24, 2.45) is 0 Å². The molecule has 22 heavy (non-hydrogen) atoms. The van der Waals surface area contributed by atoms with Gasteiger partial charge in [0.15, 0.2) is 0 Å². The predicted molar refractivity (Wildman–Crippen MR) is 82.8 cm³/mol. The summed E-state index contributed by atoms with van der Waals surface area (Å²) in [5, 5.41) is 0. The van der Waals surface area contributed by atoms with Crippen LogP contribution in [0.1, 0.15) is 27.7 Å². The highest BCUT2D eigenvalue weighted by atomic mass is 16.5. The summed E-state index contributed by atoms with van der Waals surface area (Å²) in [7, 11) is 0. The highest BCUT2D eigenvalue weighted by molar-refractivity contribution is 5.94. The Morgan fingerprint density at radius 2 is 2.05 bits per heavy atom. The number of benzene rings is 1. The van der Waals surface area contributed by atoms with E-state index in [0.29, 0.717) is 31.0 Å². The van der Waals surface area contributed by atoms with Gasteiger partial charge in [-0.25, -0.2) is 0 Å². The van der Waals surface area contributed by atoms with Crippen molar-refractivity contribution in [3.05, 3.63) is 69.6 Å². The average Bonchev–Trinajstić information content (AvgIpc) is 2.54. The Morgan fingerprint density at radius 3 is 2.77 bits per heavy atom. The molecule has 1 unspecified atom stereocenters. The molecule has 1 aliphatic heterocycles. The fraction of sp³-hybridized carbons (Fsp3) is 0.294. The number of aromatic nitrogens is 1. The highest BCUT2D eigenvalue weighted by Crippen LogP contribution is 2.22. The number of nitrogens with one attached hydrogen (secondary N) is 1. The van der Waals surface area contributed by atoms with Gasteiger partial charge in [0.25, 0.3) is 5.91 Å². The van der Waals surface area contributed by atoms with Crippen LogP contribution in [-0.2, 0) is 4.74 Å². The van der Waals surface area contributed by atoms with Crippen LogP contribution in [0.5, 0.6) is 0 Å². The Labute approximate surface area is 128 Å². The lowest BCUT2D eigenvalue weighted by molar-refractivity contribution is -0.0228. The molecule has 0 radical (unpaired) electrons. The summed E-state index contributed by atoms with van der Waals surface area (Å²) >= 11 is 0. The first-order valence-corrected chi connectivity index (χ1v) is 7.30.